The van der Waals surface area contributed by atoms with E-state index >= 15 is 0 Å². The van der Waals surface area contributed by atoms with Crippen molar-refractivity contribution >= 4 is 23.3 Å². The van der Waals surface area contributed by atoms with Crippen molar-refractivity contribution in [2.45, 2.75) is 39.3 Å². The molecule has 1 aliphatic rings. The van der Waals surface area contributed by atoms with Crippen LogP contribution in [0, 0.1) is 6.92 Å². The third-order valence-electron chi connectivity index (χ3n) is 5.25. The van der Waals surface area contributed by atoms with Crippen molar-refractivity contribution in [3.8, 4) is 0 Å². The van der Waals surface area contributed by atoms with Crippen molar-refractivity contribution in [2.75, 3.05) is 25.0 Å². The van der Waals surface area contributed by atoms with Crippen LogP contribution in [0.25, 0.3) is 0 Å². The Bertz CT molecular complexity index is 768. The maximum absolute atomic E-state index is 12.8. The Hall–Kier alpha value is -2.11. The van der Waals surface area contributed by atoms with Crippen LogP contribution in [0.5, 0.6) is 0 Å². The lowest BCUT2D eigenvalue weighted by molar-refractivity contribution is 0.112. The number of hydrogen-bond acceptors (Lipinski definition) is 3. The SMILES string of the molecule is CCN(Cc1ccncc1)C1CCCN(C(=O)Nc2cccc(Cl)c2C)C1. The van der Waals surface area contributed by atoms with Crippen LogP contribution in [-0.4, -0.2) is 46.5 Å². The molecule has 1 atom stereocenters. The van der Waals surface area contributed by atoms with Crippen LogP contribution < -0.4 is 5.32 Å². The van der Waals surface area contributed by atoms with Gasteiger partial charge in [0.1, 0.15) is 0 Å². The smallest absolute Gasteiger partial charge is 0.321 e. The zero-order chi connectivity index (χ0) is 19.2. The molecule has 0 saturated carbocycles. The third-order valence-corrected chi connectivity index (χ3v) is 5.66. The molecule has 6 heteroatoms. The normalized spacial score (nSPS) is 17.2. The summed E-state index contributed by atoms with van der Waals surface area (Å²) < 4.78 is 0. The number of carbonyl (C=O) groups excluding carboxylic acids is 1. The molecular weight excluding hydrogens is 360 g/mol. The molecular formula is C21H27ClN4O. The highest BCUT2D eigenvalue weighted by Crippen LogP contribution is 2.24. The first-order chi connectivity index (χ1) is 13.1. The topological polar surface area (TPSA) is 48.5 Å². The van der Waals surface area contributed by atoms with Crippen LogP contribution in [0.2, 0.25) is 5.02 Å². The van der Waals surface area contributed by atoms with Crippen molar-refractivity contribution in [3.05, 3.63) is 58.9 Å². The number of carbonyl (C=O) groups is 1. The number of pyridine rings is 1. The summed E-state index contributed by atoms with van der Waals surface area (Å²) in [5, 5.41) is 3.69. The van der Waals surface area contributed by atoms with Crippen LogP contribution in [-0.2, 0) is 6.54 Å². The van der Waals surface area contributed by atoms with Gasteiger partial charge in [-0.25, -0.2) is 4.79 Å². The highest BCUT2D eigenvalue weighted by atomic mass is 35.5. The van der Waals surface area contributed by atoms with Gasteiger partial charge in [0.25, 0.3) is 0 Å². The Morgan fingerprint density at radius 2 is 2.11 bits per heavy atom. The quantitative estimate of drug-likeness (QED) is 0.819. The summed E-state index contributed by atoms with van der Waals surface area (Å²) in [6.07, 6.45) is 5.78. The summed E-state index contributed by atoms with van der Waals surface area (Å²) in [6.45, 7) is 7.46. The van der Waals surface area contributed by atoms with E-state index in [4.69, 9.17) is 11.6 Å². The molecule has 0 spiro atoms. The molecule has 3 rings (SSSR count). The number of nitrogens with zero attached hydrogens (tertiary/aromatic N) is 3. The molecule has 1 aliphatic heterocycles. The molecule has 5 nitrogen and oxygen atoms in total. The van der Waals surface area contributed by atoms with Crippen molar-refractivity contribution < 1.29 is 4.79 Å². The summed E-state index contributed by atoms with van der Waals surface area (Å²) >= 11 is 6.17. The second-order valence-corrected chi connectivity index (χ2v) is 7.41. The van der Waals surface area contributed by atoms with Crippen molar-refractivity contribution in [1.29, 1.82) is 0 Å². The Morgan fingerprint density at radius 3 is 2.85 bits per heavy atom. The minimum Gasteiger partial charge on any atom is -0.323 e. The van der Waals surface area contributed by atoms with Crippen LogP contribution in [0.1, 0.15) is 30.9 Å². The molecule has 1 unspecified atom stereocenters. The zero-order valence-electron chi connectivity index (χ0n) is 16.0. The number of halogens is 1. The van der Waals surface area contributed by atoms with Gasteiger partial charge in [-0.1, -0.05) is 24.6 Å². The van der Waals surface area contributed by atoms with E-state index in [0.29, 0.717) is 11.1 Å². The summed E-state index contributed by atoms with van der Waals surface area (Å²) in [6, 6.07) is 10.0. The maximum atomic E-state index is 12.8. The van der Waals surface area contributed by atoms with E-state index in [1.54, 1.807) is 0 Å². The van der Waals surface area contributed by atoms with Crippen molar-refractivity contribution in [1.82, 2.24) is 14.8 Å². The van der Waals surface area contributed by atoms with Gasteiger partial charge < -0.3 is 10.2 Å². The first-order valence-electron chi connectivity index (χ1n) is 9.52. The number of benzene rings is 1. The summed E-state index contributed by atoms with van der Waals surface area (Å²) in [7, 11) is 0. The van der Waals surface area contributed by atoms with Crippen molar-refractivity contribution in [2.24, 2.45) is 0 Å². The maximum Gasteiger partial charge on any atom is 0.321 e. The molecule has 1 fully saturated rings. The van der Waals surface area contributed by atoms with Gasteiger partial charge in [-0.05, 0) is 61.7 Å². The number of nitrogens with one attached hydrogen (secondary N) is 1. The van der Waals surface area contributed by atoms with Crippen LogP contribution in [0.3, 0.4) is 0 Å². The van der Waals surface area contributed by atoms with Crippen LogP contribution in [0.15, 0.2) is 42.7 Å². The molecule has 1 aromatic heterocycles. The number of piperidine rings is 1. The third kappa shape index (κ3) is 4.99. The van der Waals surface area contributed by atoms with Crippen LogP contribution >= 0.6 is 11.6 Å². The molecule has 0 aliphatic carbocycles. The number of likely N-dealkylation sites (tertiary alicyclic amines) is 1. The molecule has 2 heterocycles. The van der Waals surface area contributed by atoms with Gasteiger partial charge >= 0.3 is 6.03 Å². The van der Waals surface area contributed by atoms with Crippen molar-refractivity contribution in [3.63, 3.8) is 0 Å². The van der Waals surface area contributed by atoms with E-state index in [2.05, 4.69) is 34.3 Å². The summed E-state index contributed by atoms with van der Waals surface area (Å²) in [5.41, 5.74) is 2.93. The van der Waals surface area contributed by atoms with Gasteiger partial charge in [0.2, 0.25) is 0 Å². The molecule has 2 aromatic rings. The van der Waals surface area contributed by atoms with Gasteiger partial charge in [-0.15, -0.1) is 0 Å². The lowest BCUT2D eigenvalue weighted by Gasteiger charge is -2.39. The number of amides is 2. The van der Waals surface area contributed by atoms with E-state index in [1.165, 1.54) is 5.56 Å². The summed E-state index contributed by atoms with van der Waals surface area (Å²) in [4.78, 5) is 21.2. The molecule has 1 aromatic carbocycles. The minimum atomic E-state index is -0.0509. The number of rotatable bonds is 5. The Balaban J connectivity index is 1.64. The molecule has 0 radical (unpaired) electrons. The Morgan fingerprint density at radius 1 is 1.33 bits per heavy atom. The molecule has 2 amide bonds. The van der Waals surface area contributed by atoms with E-state index in [9.17, 15) is 4.79 Å². The average Bonchev–Trinajstić information content (AvgIpc) is 2.70. The van der Waals surface area contributed by atoms with Gasteiger partial charge in [-0.3, -0.25) is 9.88 Å². The average molecular weight is 387 g/mol. The largest absolute Gasteiger partial charge is 0.323 e. The second-order valence-electron chi connectivity index (χ2n) is 7.00. The van der Waals surface area contributed by atoms with Gasteiger partial charge in [-0.2, -0.15) is 0 Å². The molecule has 27 heavy (non-hydrogen) atoms. The molecule has 144 valence electrons. The second kappa shape index (κ2) is 9.20. The Kier molecular flexibility index (Phi) is 6.69. The molecule has 1 N–H and O–H groups in total. The van der Waals surface area contributed by atoms with E-state index in [0.717, 1.165) is 50.3 Å². The monoisotopic (exact) mass is 386 g/mol. The fourth-order valence-corrected chi connectivity index (χ4v) is 3.77. The fourth-order valence-electron chi connectivity index (χ4n) is 3.60. The summed E-state index contributed by atoms with van der Waals surface area (Å²) in [5.74, 6) is 0. The van der Waals surface area contributed by atoms with Gasteiger partial charge in [0, 0.05) is 48.8 Å². The predicted molar refractivity (Wildman–Crippen MR) is 110 cm³/mol. The number of urea groups is 1. The Labute approximate surface area is 166 Å². The fraction of sp³-hybridized carbons (Fsp3) is 0.429. The number of aromatic nitrogens is 1. The van der Waals surface area contributed by atoms with Gasteiger partial charge in [0.15, 0.2) is 0 Å². The number of hydrogen-bond donors (Lipinski definition) is 1. The van der Waals surface area contributed by atoms with Gasteiger partial charge in [0.05, 0.1) is 0 Å². The van der Waals surface area contributed by atoms with E-state index in [1.807, 2.05) is 42.4 Å². The van der Waals surface area contributed by atoms with E-state index < -0.39 is 0 Å². The standard InChI is InChI=1S/C21H27ClN4O/c1-3-25(14-17-9-11-23-12-10-17)18-6-5-13-26(15-18)21(27)24-20-8-4-7-19(22)16(20)2/h4,7-12,18H,3,5-6,13-15H2,1-2H3,(H,24,27). The lowest BCUT2D eigenvalue weighted by atomic mass is 10.0. The highest BCUT2D eigenvalue weighted by Gasteiger charge is 2.27. The number of anilines is 1. The number of likely N-dealkylation sites (N-methyl/N-ethyl adjacent to an activating group) is 1. The molecule has 1 saturated heterocycles. The predicted octanol–water partition coefficient (Wildman–Crippen LogP) is 4.56. The first kappa shape index (κ1) is 19.6. The first-order valence-corrected chi connectivity index (χ1v) is 9.90. The highest BCUT2D eigenvalue weighted by molar-refractivity contribution is 6.31. The molecule has 0 bridgehead atoms. The van der Waals surface area contributed by atoms with Crippen LogP contribution in [0.4, 0.5) is 10.5 Å². The minimum absolute atomic E-state index is 0.0509. The zero-order valence-corrected chi connectivity index (χ0v) is 16.7. The van der Waals surface area contributed by atoms with E-state index in [-0.39, 0.29) is 6.03 Å². The lowest BCUT2D eigenvalue weighted by Crippen LogP contribution is -2.50.